The van der Waals surface area contributed by atoms with E-state index in [4.69, 9.17) is 11.6 Å². The fourth-order valence-corrected chi connectivity index (χ4v) is 2.27. The summed E-state index contributed by atoms with van der Waals surface area (Å²) in [7, 11) is 0. The fraction of sp³-hybridized carbons (Fsp3) is 0.462. The van der Waals surface area contributed by atoms with Gasteiger partial charge >= 0.3 is 6.03 Å². The Morgan fingerprint density at radius 2 is 2.33 bits per heavy atom. The Morgan fingerprint density at radius 1 is 1.56 bits per heavy atom. The molecule has 1 atom stereocenters. The maximum atomic E-state index is 13.2. The van der Waals surface area contributed by atoms with Crippen molar-refractivity contribution in [1.82, 2.24) is 4.90 Å². The molecule has 0 saturated carbocycles. The molecule has 1 aromatic carbocycles. The molecule has 3 nitrogen and oxygen atoms in total. The molecule has 0 spiro atoms. The number of hydrogen-bond acceptors (Lipinski definition) is 1. The molecule has 1 N–H and O–H groups in total. The number of anilines is 1. The number of carbonyl (C=O) groups excluding carboxylic acids is 1. The predicted molar refractivity (Wildman–Crippen MR) is 70.4 cm³/mol. The average Bonchev–Trinajstić information content (AvgIpc) is 2.34. The van der Waals surface area contributed by atoms with Crippen LogP contribution in [0, 0.1) is 11.7 Å². The Bertz CT molecular complexity index is 453. The minimum absolute atomic E-state index is 0.0552. The molecule has 5 heteroatoms. The molecule has 98 valence electrons. The third kappa shape index (κ3) is 3.13. The van der Waals surface area contributed by atoms with E-state index in [2.05, 4.69) is 12.2 Å². The van der Waals surface area contributed by atoms with Gasteiger partial charge in [0.2, 0.25) is 0 Å². The molecule has 0 bridgehead atoms. The molecule has 1 saturated heterocycles. The summed E-state index contributed by atoms with van der Waals surface area (Å²) in [5, 5.41) is 2.74. The van der Waals surface area contributed by atoms with Gasteiger partial charge in [0.05, 0.1) is 5.02 Å². The van der Waals surface area contributed by atoms with E-state index in [9.17, 15) is 9.18 Å². The lowest BCUT2D eigenvalue weighted by Gasteiger charge is -2.30. The van der Waals surface area contributed by atoms with Gasteiger partial charge in [-0.2, -0.15) is 0 Å². The molecule has 2 amide bonds. The van der Waals surface area contributed by atoms with Crippen molar-refractivity contribution in [2.24, 2.45) is 5.92 Å². The van der Waals surface area contributed by atoms with Gasteiger partial charge in [-0.25, -0.2) is 9.18 Å². The van der Waals surface area contributed by atoms with Crippen LogP contribution in [0.1, 0.15) is 19.8 Å². The zero-order chi connectivity index (χ0) is 13.1. The smallest absolute Gasteiger partial charge is 0.321 e. The molecular weight excluding hydrogens is 255 g/mol. The van der Waals surface area contributed by atoms with Crippen LogP contribution < -0.4 is 5.32 Å². The number of carbonyl (C=O) groups is 1. The van der Waals surface area contributed by atoms with Gasteiger partial charge < -0.3 is 10.2 Å². The first-order chi connectivity index (χ1) is 8.56. The summed E-state index contributed by atoms with van der Waals surface area (Å²) in [5.41, 5.74) is 0.431. The van der Waals surface area contributed by atoms with Crippen molar-refractivity contribution in [1.29, 1.82) is 0 Å². The summed E-state index contributed by atoms with van der Waals surface area (Å²) >= 11 is 5.59. The van der Waals surface area contributed by atoms with Crippen molar-refractivity contribution in [2.75, 3.05) is 18.4 Å². The second-order valence-corrected chi connectivity index (χ2v) is 5.16. The zero-order valence-electron chi connectivity index (χ0n) is 10.2. The molecule has 1 aliphatic heterocycles. The summed E-state index contributed by atoms with van der Waals surface area (Å²) < 4.78 is 13.2. The van der Waals surface area contributed by atoms with Crippen LogP contribution in [0.5, 0.6) is 0 Å². The lowest BCUT2D eigenvalue weighted by atomic mass is 10.0. The van der Waals surface area contributed by atoms with Gasteiger partial charge in [0.15, 0.2) is 0 Å². The maximum absolute atomic E-state index is 13.2. The highest BCUT2D eigenvalue weighted by Crippen LogP contribution is 2.20. The normalized spacial score (nSPS) is 19.7. The quantitative estimate of drug-likeness (QED) is 0.828. The molecule has 1 heterocycles. The van der Waals surface area contributed by atoms with Crippen molar-refractivity contribution >= 4 is 23.3 Å². The number of piperidine rings is 1. The van der Waals surface area contributed by atoms with Crippen LogP contribution in [0.3, 0.4) is 0 Å². The minimum Gasteiger partial charge on any atom is -0.324 e. The first kappa shape index (κ1) is 13.1. The molecule has 1 fully saturated rings. The van der Waals surface area contributed by atoms with Crippen LogP contribution in [0.2, 0.25) is 5.02 Å². The van der Waals surface area contributed by atoms with Gasteiger partial charge in [-0.1, -0.05) is 18.5 Å². The predicted octanol–water partition coefficient (Wildman–Crippen LogP) is 3.74. The van der Waals surface area contributed by atoms with Crippen molar-refractivity contribution in [3.8, 4) is 0 Å². The number of nitrogens with zero attached hydrogens (tertiary/aromatic N) is 1. The highest BCUT2D eigenvalue weighted by atomic mass is 35.5. The number of hydrogen-bond donors (Lipinski definition) is 1. The number of rotatable bonds is 1. The second kappa shape index (κ2) is 5.57. The van der Waals surface area contributed by atoms with E-state index < -0.39 is 5.82 Å². The third-order valence-corrected chi connectivity index (χ3v) is 3.42. The summed E-state index contributed by atoms with van der Waals surface area (Å²) in [5.74, 6) is -0.00654. The largest absolute Gasteiger partial charge is 0.324 e. The topological polar surface area (TPSA) is 32.3 Å². The lowest BCUT2D eigenvalue weighted by Crippen LogP contribution is -2.41. The average molecular weight is 271 g/mol. The van der Waals surface area contributed by atoms with Gasteiger partial charge in [-0.3, -0.25) is 0 Å². The number of benzene rings is 1. The van der Waals surface area contributed by atoms with Crippen LogP contribution in [-0.4, -0.2) is 24.0 Å². The van der Waals surface area contributed by atoms with E-state index >= 15 is 0 Å². The number of urea groups is 1. The molecule has 0 aliphatic carbocycles. The Hall–Kier alpha value is -1.29. The number of amides is 2. The first-order valence-corrected chi connectivity index (χ1v) is 6.45. The summed E-state index contributed by atoms with van der Waals surface area (Å²) in [6.45, 7) is 3.63. The van der Waals surface area contributed by atoms with E-state index in [0.717, 1.165) is 25.9 Å². The summed E-state index contributed by atoms with van der Waals surface area (Å²) in [4.78, 5) is 13.7. The van der Waals surface area contributed by atoms with Crippen molar-refractivity contribution < 1.29 is 9.18 Å². The molecule has 0 aromatic heterocycles. The van der Waals surface area contributed by atoms with Crippen LogP contribution in [0.25, 0.3) is 0 Å². The molecule has 0 radical (unpaired) electrons. The fourth-order valence-electron chi connectivity index (χ4n) is 2.15. The highest BCUT2D eigenvalue weighted by molar-refractivity contribution is 6.30. The molecule has 18 heavy (non-hydrogen) atoms. The second-order valence-electron chi connectivity index (χ2n) is 4.75. The molecule has 1 aromatic rings. The van der Waals surface area contributed by atoms with Crippen molar-refractivity contribution in [3.05, 3.63) is 29.0 Å². The van der Waals surface area contributed by atoms with Gasteiger partial charge in [-0.05, 0) is 37.0 Å². The lowest BCUT2D eigenvalue weighted by molar-refractivity contribution is 0.182. The maximum Gasteiger partial charge on any atom is 0.321 e. The molecule has 1 aliphatic rings. The SMILES string of the molecule is CC1CCCN(C(=O)Nc2ccc(Cl)c(F)c2)C1. The van der Waals surface area contributed by atoms with E-state index in [-0.39, 0.29) is 11.1 Å². The van der Waals surface area contributed by atoms with Gasteiger partial charge in [0, 0.05) is 18.8 Å². The van der Waals surface area contributed by atoms with Gasteiger partial charge in [-0.15, -0.1) is 0 Å². The Kier molecular flexibility index (Phi) is 4.07. The van der Waals surface area contributed by atoms with Gasteiger partial charge in [0.1, 0.15) is 5.82 Å². The van der Waals surface area contributed by atoms with Crippen LogP contribution in [0.15, 0.2) is 18.2 Å². The van der Waals surface area contributed by atoms with E-state index in [1.54, 1.807) is 11.0 Å². The molecule has 1 unspecified atom stereocenters. The number of nitrogens with one attached hydrogen (secondary N) is 1. The van der Waals surface area contributed by atoms with Crippen LogP contribution >= 0.6 is 11.6 Å². The zero-order valence-corrected chi connectivity index (χ0v) is 11.0. The minimum atomic E-state index is -0.526. The van der Waals surface area contributed by atoms with Crippen molar-refractivity contribution in [2.45, 2.75) is 19.8 Å². The first-order valence-electron chi connectivity index (χ1n) is 6.07. The van der Waals surface area contributed by atoms with E-state index in [1.807, 2.05) is 0 Å². The highest BCUT2D eigenvalue weighted by Gasteiger charge is 2.20. The van der Waals surface area contributed by atoms with E-state index in [1.165, 1.54) is 12.1 Å². The Balaban J connectivity index is 2.00. The number of likely N-dealkylation sites (tertiary alicyclic amines) is 1. The Labute approximate surface area is 111 Å². The summed E-state index contributed by atoms with van der Waals surface area (Å²) in [6, 6.07) is 4.08. The summed E-state index contributed by atoms with van der Waals surface area (Å²) in [6.07, 6.45) is 2.17. The standard InChI is InChI=1S/C13H16ClFN2O/c1-9-3-2-6-17(8-9)13(18)16-10-4-5-11(14)12(15)7-10/h4-5,7,9H,2-3,6,8H2,1H3,(H,16,18). The van der Waals surface area contributed by atoms with Crippen LogP contribution in [0.4, 0.5) is 14.9 Å². The van der Waals surface area contributed by atoms with Crippen LogP contribution in [-0.2, 0) is 0 Å². The molecule has 2 rings (SSSR count). The molecular formula is C13H16ClFN2O. The monoisotopic (exact) mass is 270 g/mol. The van der Waals surface area contributed by atoms with E-state index in [0.29, 0.717) is 11.6 Å². The van der Waals surface area contributed by atoms with Gasteiger partial charge in [0.25, 0.3) is 0 Å². The third-order valence-electron chi connectivity index (χ3n) is 3.12. The Morgan fingerprint density at radius 3 is 3.00 bits per heavy atom. The number of halogens is 2. The van der Waals surface area contributed by atoms with Crippen molar-refractivity contribution in [3.63, 3.8) is 0 Å².